The van der Waals surface area contributed by atoms with E-state index in [1.807, 2.05) is 20.8 Å². The second-order valence-electron chi connectivity index (χ2n) is 6.88. The number of hydrogen-bond donors (Lipinski definition) is 1. The van der Waals surface area contributed by atoms with Crippen LogP contribution in [-0.4, -0.2) is 47.0 Å². The standard InChI is InChI=1S/C15H26N2O3/c1-11-12(18)17(9-10-20-14(2,3)4)15(13(19)16-11)7-5-6-8-15/h11H,5-10H2,1-4H3,(H,16,19). The zero-order valence-corrected chi connectivity index (χ0v) is 13.0. The number of hydrogen-bond acceptors (Lipinski definition) is 3. The van der Waals surface area contributed by atoms with E-state index < -0.39 is 11.6 Å². The molecule has 0 aromatic heterocycles. The third-order valence-electron chi connectivity index (χ3n) is 4.20. The number of nitrogens with one attached hydrogen (secondary N) is 1. The Morgan fingerprint density at radius 1 is 1.30 bits per heavy atom. The van der Waals surface area contributed by atoms with Crippen molar-refractivity contribution in [3.8, 4) is 0 Å². The van der Waals surface area contributed by atoms with Gasteiger partial charge in [0.1, 0.15) is 11.6 Å². The highest BCUT2D eigenvalue weighted by molar-refractivity contribution is 5.99. The fraction of sp³-hybridized carbons (Fsp3) is 0.867. The van der Waals surface area contributed by atoms with Gasteiger partial charge in [-0.05, 0) is 40.5 Å². The molecule has 114 valence electrons. The normalized spacial score (nSPS) is 26.2. The summed E-state index contributed by atoms with van der Waals surface area (Å²) in [6.07, 6.45) is 3.55. The quantitative estimate of drug-likeness (QED) is 0.852. The maximum Gasteiger partial charge on any atom is 0.246 e. The average Bonchev–Trinajstić information content (AvgIpc) is 2.81. The van der Waals surface area contributed by atoms with Gasteiger partial charge in [-0.25, -0.2) is 0 Å². The van der Waals surface area contributed by atoms with Crippen molar-refractivity contribution in [3.63, 3.8) is 0 Å². The van der Waals surface area contributed by atoms with Crippen LogP contribution in [0.2, 0.25) is 0 Å². The molecule has 2 aliphatic rings. The van der Waals surface area contributed by atoms with E-state index in [4.69, 9.17) is 4.74 Å². The Labute approximate surface area is 121 Å². The number of rotatable bonds is 3. The Morgan fingerprint density at radius 2 is 1.90 bits per heavy atom. The van der Waals surface area contributed by atoms with Crippen LogP contribution < -0.4 is 5.32 Å². The summed E-state index contributed by atoms with van der Waals surface area (Å²) in [5.74, 6) is 0.0295. The Bertz CT molecular complexity index is 394. The first kappa shape index (κ1) is 15.3. The minimum Gasteiger partial charge on any atom is -0.374 e. The van der Waals surface area contributed by atoms with Gasteiger partial charge in [0.15, 0.2) is 0 Å². The van der Waals surface area contributed by atoms with Crippen molar-refractivity contribution in [1.82, 2.24) is 10.2 Å². The van der Waals surface area contributed by atoms with Crippen LogP contribution in [0.15, 0.2) is 0 Å². The van der Waals surface area contributed by atoms with E-state index in [2.05, 4.69) is 5.32 Å². The van der Waals surface area contributed by atoms with Crippen molar-refractivity contribution in [2.45, 2.75) is 70.6 Å². The predicted molar refractivity (Wildman–Crippen MR) is 76.2 cm³/mol. The van der Waals surface area contributed by atoms with Crippen LogP contribution in [-0.2, 0) is 14.3 Å². The maximum absolute atomic E-state index is 12.4. The molecule has 1 atom stereocenters. The van der Waals surface area contributed by atoms with Gasteiger partial charge in [0.25, 0.3) is 0 Å². The van der Waals surface area contributed by atoms with Crippen LogP contribution in [0.1, 0.15) is 53.4 Å². The molecule has 20 heavy (non-hydrogen) atoms. The fourth-order valence-electron chi connectivity index (χ4n) is 3.18. The summed E-state index contributed by atoms with van der Waals surface area (Å²) in [6, 6.07) is -0.427. The topological polar surface area (TPSA) is 58.6 Å². The number of carbonyl (C=O) groups excluding carboxylic acids is 2. The highest BCUT2D eigenvalue weighted by atomic mass is 16.5. The fourth-order valence-corrected chi connectivity index (χ4v) is 3.18. The molecule has 1 spiro atoms. The lowest BCUT2D eigenvalue weighted by Gasteiger charge is -2.45. The van der Waals surface area contributed by atoms with Crippen LogP contribution in [0.25, 0.3) is 0 Å². The molecule has 1 saturated heterocycles. The molecule has 1 heterocycles. The smallest absolute Gasteiger partial charge is 0.246 e. The first-order valence-electron chi connectivity index (χ1n) is 7.53. The zero-order valence-electron chi connectivity index (χ0n) is 13.0. The minimum absolute atomic E-state index is 0.0119. The first-order valence-corrected chi connectivity index (χ1v) is 7.53. The Kier molecular flexibility index (Phi) is 4.09. The van der Waals surface area contributed by atoms with Crippen LogP contribution in [0.4, 0.5) is 0 Å². The van der Waals surface area contributed by atoms with E-state index in [0.29, 0.717) is 13.2 Å². The molecule has 2 amide bonds. The maximum atomic E-state index is 12.4. The Morgan fingerprint density at radius 3 is 2.45 bits per heavy atom. The molecule has 0 radical (unpaired) electrons. The van der Waals surface area contributed by atoms with Gasteiger partial charge in [-0.3, -0.25) is 9.59 Å². The molecule has 0 bridgehead atoms. The van der Waals surface area contributed by atoms with E-state index in [1.54, 1.807) is 11.8 Å². The molecule has 1 aliphatic heterocycles. The van der Waals surface area contributed by atoms with E-state index in [9.17, 15) is 9.59 Å². The summed E-state index contributed by atoms with van der Waals surface area (Å²) >= 11 is 0. The summed E-state index contributed by atoms with van der Waals surface area (Å²) in [5.41, 5.74) is -0.847. The second-order valence-corrected chi connectivity index (χ2v) is 6.88. The Balaban J connectivity index is 2.11. The van der Waals surface area contributed by atoms with E-state index >= 15 is 0 Å². The lowest BCUT2D eigenvalue weighted by molar-refractivity contribution is -0.158. The monoisotopic (exact) mass is 282 g/mol. The summed E-state index contributed by atoms with van der Waals surface area (Å²) < 4.78 is 5.73. The Hall–Kier alpha value is -1.10. The van der Waals surface area contributed by atoms with Gasteiger partial charge in [-0.15, -0.1) is 0 Å². The average molecular weight is 282 g/mol. The van der Waals surface area contributed by atoms with E-state index in [1.165, 1.54) is 0 Å². The summed E-state index contributed by atoms with van der Waals surface area (Å²) in [4.78, 5) is 26.6. The van der Waals surface area contributed by atoms with Gasteiger partial charge in [-0.1, -0.05) is 12.8 Å². The predicted octanol–water partition coefficient (Wildman–Crippen LogP) is 1.46. The molecule has 1 saturated carbocycles. The van der Waals surface area contributed by atoms with Crippen LogP contribution in [0.3, 0.4) is 0 Å². The van der Waals surface area contributed by atoms with Gasteiger partial charge in [0.05, 0.1) is 12.2 Å². The number of carbonyl (C=O) groups is 2. The molecule has 0 aromatic rings. The molecule has 2 fully saturated rings. The summed E-state index contributed by atoms with van der Waals surface area (Å²) in [6.45, 7) is 8.69. The molecule has 1 unspecified atom stereocenters. The number of ether oxygens (including phenoxy) is 1. The van der Waals surface area contributed by atoms with Gasteiger partial charge < -0.3 is 15.0 Å². The van der Waals surface area contributed by atoms with Crippen molar-refractivity contribution in [3.05, 3.63) is 0 Å². The van der Waals surface area contributed by atoms with Gasteiger partial charge in [0, 0.05) is 6.54 Å². The molecule has 1 aliphatic carbocycles. The third kappa shape index (κ3) is 2.82. The lowest BCUT2D eigenvalue weighted by atomic mass is 9.89. The van der Waals surface area contributed by atoms with Crippen molar-refractivity contribution in [1.29, 1.82) is 0 Å². The van der Waals surface area contributed by atoms with Crippen molar-refractivity contribution >= 4 is 11.8 Å². The minimum atomic E-state index is -0.620. The van der Waals surface area contributed by atoms with E-state index in [0.717, 1.165) is 25.7 Å². The number of piperazine rings is 1. The van der Waals surface area contributed by atoms with Crippen LogP contribution in [0.5, 0.6) is 0 Å². The van der Waals surface area contributed by atoms with Gasteiger partial charge in [0.2, 0.25) is 11.8 Å². The largest absolute Gasteiger partial charge is 0.374 e. The molecule has 0 aromatic carbocycles. The lowest BCUT2D eigenvalue weighted by Crippen LogP contribution is -2.69. The first-order chi connectivity index (χ1) is 9.26. The SMILES string of the molecule is CC1NC(=O)C2(CCCC2)N(CCOC(C)(C)C)C1=O. The molecule has 5 heteroatoms. The molecule has 1 N–H and O–H groups in total. The molecule has 5 nitrogen and oxygen atoms in total. The molecule has 2 rings (SSSR count). The van der Waals surface area contributed by atoms with Crippen molar-refractivity contribution < 1.29 is 14.3 Å². The third-order valence-corrected chi connectivity index (χ3v) is 4.20. The van der Waals surface area contributed by atoms with E-state index in [-0.39, 0.29) is 17.4 Å². The highest BCUT2D eigenvalue weighted by Gasteiger charge is 2.52. The van der Waals surface area contributed by atoms with Crippen LogP contribution in [0, 0.1) is 0 Å². The molecular formula is C15H26N2O3. The number of amides is 2. The van der Waals surface area contributed by atoms with Crippen molar-refractivity contribution in [2.75, 3.05) is 13.2 Å². The molecular weight excluding hydrogens is 256 g/mol. The number of nitrogens with zero attached hydrogens (tertiary/aromatic N) is 1. The van der Waals surface area contributed by atoms with Gasteiger partial charge in [-0.2, -0.15) is 0 Å². The summed E-state index contributed by atoms with van der Waals surface area (Å²) in [5, 5.41) is 2.83. The van der Waals surface area contributed by atoms with Crippen LogP contribution >= 0.6 is 0 Å². The second kappa shape index (κ2) is 5.35. The van der Waals surface area contributed by atoms with Gasteiger partial charge >= 0.3 is 0 Å². The van der Waals surface area contributed by atoms with Crippen molar-refractivity contribution in [2.24, 2.45) is 0 Å². The highest BCUT2D eigenvalue weighted by Crippen LogP contribution is 2.38. The summed E-state index contributed by atoms with van der Waals surface area (Å²) in [7, 11) is 0. The zero-order chi connectivity index (χ0) is 15.0.